The van der Waals surface area contributed by atoms with Gasteiger partial charge in [0.2, 0.25) is 0 Å². The molecule has 0 spiro atoms. The lowest BCUT2D eigenvalue weighted by molar-refractivity contribution is 0.154. The Balaban J connectivity index is 4.08. The Hall–Kier alpha value is 0.170. The van der Waals surface area contributed by atoms with Crippen LogP contribution in [0.5, 0.6) is 0 Å². The average Bonchev–Trinajstić information content (AvgIpc) is 2.02. The Morgan fingerprint density at radius 3 is 2.17 bits per heavy atom. The topological polar surface area (TPSA) is 44.8 Å². The Bertz CT molecular complexity index is 172. The molecule has 0 aliphatic rings. The first-order valence-corrected chi connectivity index (χ1v) is 5.89. The number of halogens is 1. The molecular formula is C6H12BrO4P. The summed E-state index contributed by atoms with van der Waals surface area (Å²) in [4.78, 5) is 1.43. The molecule has 0 saturated carbocycles. The van der Waals surface area contributed by atoms with E-state index in [2.05, 4.69) is 15.9 Å². The van der Waals surface area contributed by atoms with Crippen molar-refractivity contribution >= 4 is 23.8 Å². The van der Waals surface area contributed by atoms with Crippen molar-refractivity contribution < 1.29 is 18.1 Å². The summed E-state index contributed by atoms with van der Waals surface area (Å²) in [6.45, 7) is 4.00. The largest absolute Gasteiger partial charge is 0.529 e. The number of phosphoric acid groups is 1. The molecular weight excluding hydrogens is 247 g/mol. The molecule has 0 bridgehead atoms. The normalized spacial score (nSPS) is 12.2. The average molecular weight is 259 g/mol. The lowest BCUT2D eigenvalue weighted by Crippen LogP contribution is -1.96. The smallest absolute Gasteiger partial charge is 0.411 e. The van der Waals surface area contributed by atoms with Gasteiger partial charge in [-0.1, -0.05) is 15.9 Å². The minimum Gasteiger partial charge on any atom is -0.411 e. The number of hydrogen-bond donors (Lipinski definition) is 0. The van der Waals surface area contributed by atoms with Gasteiger partial charge in [0.15, 0.2) is 0 Å². The van der Waals surface area contributed by atoms with Crippen LogP contribution in [0.15, 0.2) is 11.2 Å². The Morgan fingerprint density at radius 2 is 1.83 bits per heavy atom. The van der Waals surface area contributed by atoms with Gasteiger partial charge in [-0.25, -0.2) is 4.57 Å². The molecule has 0 heterocycles. The van der Waals surface area contributed by atoms with Crippen molar-refractivity contribution in [1.29, 1.82) is 0 Å². The van der Waals surface area contributed by atoms with Gasteiger partial charge >= 0.3 is 7.82 Å². The molecule has 0 N–H and O–H groups in total. The molecule has 6 heteroatoms. The van der Waals surface area contributed by atoms with Crippen LogP contribution in [0.25, 0.3) is 0 Å². The highest BCUT2D eigenvalue weighted by molar-refractivity contribution is 9.11. The van der Waals surface area contributed by atoms with Crippen LogP contribution in [0.3, 0.4) is 0 Å². The van der Waals surface area contributed by atoms with Gasteiger partial charge in [0.25, 0.3) is 0 Å². The highest BCUT2D eigenvalue weighted by atomic mass is 79.9. The first-order valence-electron chi connectivity index (χ1n) is 3.51. The van der Waals surface area contributed by atoms with Gasteiger partial charge < -0.3 is 4.52 Å². The van der Waals surface area contributed by atoms with E-state index in [0.717, 1.165) is 0 Å². The van der Waals surface area contributed by atoms with Crippen molar-refractivity contribution in [3.63, 3.8) is 0 Å². The van der Waals surface area contributed by atoms with E-state index in [4.69, 9.17) is 13.6 Å². The van der Waals surface area contributed by atoms with Crippen LogP contribution in [0.2, 0.25) is 0 Å². The summed E-state index contributed by atoms with van der Waals surface area (Å²) in [6, 6.07) is 0. The van der Waals surface area contributed by atoms with E-state index in [1.165, 1.54) is 11.2 Å². The Morgan fingerprint density at radius 1 is 1.33 bits per heavy atom. The molecule has 0 rings (SSSR count). The van der Waals surface area contributed by atoms with Crippen molar-refractivity contribution in [2.24, 2.45) is 0 Å². The number of hydrogen-bond acceptors (Lipinski definition) is 4. The van der Waals surface area contributed by atoms with Gasteiger partial charge in [-0.2, -0.15) is 0 Å². The predicted octanol–water partition coefficient (Wildman–Crippen LogP) is 3.05. The first-order chi connectivity index (χ1) is 5.68. The molecule has 0 amide bonds. The Kier molecular flexibility index (Phi) is 6.76. The fourth-order valence-electron chi connectivity index (χ4n) is 0.512. The summed E-state index contributed by atoms with van der Waals surface area (Å²) in [5, 5.41) is 0. The fourth-order valence-corrected chi connectivity index (χ4v) is 1.83. The second kappa shape index (κ2) is 6.66. The monoisotopic (exact) mass is 258 g/mol. The summed E-state index contributed by atoms with van der Waals surface area (Å²) < 4.78 is 25.8. The molecule has 72 valence electrons. The molecule has 12 heavy (non-hydrogen) atoms. The number of rotatable bonds is 6. The van der Waals surface area contributed by atoms with Crippen molar-refractivity contribution in [1.82, 2.24) is 0 Å². The van der Waals surface area contributed by atoms with Crippen molar-refractivity contribution in [3.05, 3.63) is 11.2 Å². The van der Waals surface area contributed by atoms with Crippen molar-refractivity contribution in [3.8, 4) is 0 Å². The molecule has 0 aromatic carbocycles. The van der Waals surface area contributed by atoms with Gasteiger partial charge in [0.05, 0.1) is 13.2 Å². The standard InChI is InChI=1S/C6H12BrO4P/c1-3-9-12(8,10-4-2)11-6-5-7/h5-6H,3-4H2,1-2H3/b6-5-. The summed E-state index contributed by atoms with van der Waals surface area (Å²) in [5.74, 6) is 0. The van der Waals surface area contributed by atoms with E-state index in [9.17, 15) is 4.57 Å². The summed E-state index contributed by atoms with van der Waals surface area (Å²) >= 11 is 2.97. The molecule has 4 nitrogen and oxygen atoms in total. The van der Waals surface area contributed by atoms with Crippen LogP contribution in [0, 0.1) is 0 Å². The van der Waals surface area contributed by atoms with Crippen LogP contribution in [0.4, 0.5) is 0 Å². The molecule has 0 saturated heterocycles. The van der Waals surface area contributed by atoms with Gasteiger partial charge in [0, 0.05) is 4.99 Å². The lowest BCUT2D eigenvalue weighted by atomic mass is 10.9. The van der Waals surface area contributed by atoms with Crippen LogP contribution < -0.4 is 0 Å². The van der Waals surface area contributed by atoms with Gasteiger partial charge in [-0.3, -0.25) is 9.05 Å². The summed E-state index contributed by atoms with van der Waals surface area (Å²) in [5.41, 5.74) is 0. The van der Waals surface area contributed by atoms with Gasteiger partial charge in [-0.15, -0.1) is 0 Å². The van der Waals surface area contributed by atoms with Crippen molar-refractivity contribution in [2.45, 2.75) is 13.8 Å². The van der Waals surface area contributed by atoms with Crippen molar-refractivity contribution in [2.75, 3.05) is 13.2 Å². The molecule has 0 aliphatic heterocycles. The highest BCUT2D eigenvalue weighted by Gasteiger charge is 2.24. The van der Waals surface area contributed by atoms with E-state index in [-0.39, 0.29) is 13.2 Å². The van der Waals surface area contributed by atoms with Crippen LogP contribution in [-0.2, 0) is 18.1 Å². The van der Waals surface area contributed by atoms with E-state index in [1.807, 2.05) is 0 Å². The van der Waals surface area contributed by atoms with Gasteiger partial charge in [-0.05, 0) is 13.8 Å². The van der Waals surface area contributed by atoms with Crippen LogP contribution >= 0.6 is 23.8 Å². The third kappa shape index (κ3) is 4.93. The third-order valence-electron chi connectivity index (χ3n) is 0.816. The molecule has 0 aromatic rings. The molecule has 0 aliphatic carbocycles. The lowest BCUT2D eigenvalue weighted by Gasteiger charge is -2.13. The first kappa shape index (κ1) is 12.2. The molecule has 0 fully saturated rings. The van der Waals surface area contributed by atoms with Gasteiger partial charge in [0.1, 0.15) is 6.26 Å². The second-order valence-corrected chi connectivity index (χ2v) is 3.80. The molecule has 0 unspecified atom stereocenters. The van der Waals surface area contributed by atoms with E-state index < -0.39 is 7.82 Å². The quantitative estimate of drug-likeness (QED) is 0.543. The zero-order chi connectivity index (χ0) is 9.45. The molecule has 0 atom stereocenters. The zero-order valence-electron chi connectivity index (χ0n) is 7.03. The Labute approximate surface area is 80.6 Å². The maximum absolute atomic E-state index is 11.4. The predicted molar refractivity (Wildman–Crippen MR) is 50.0 cm³/mol. The SMILES string of the molecule is CCOP(=O)(O/C=C\Br)OCC. The number of phosphoric ester groups is 1. The highest BCUT2D eigenvalue weighted by Crippen LogP contribution is 2.49. The maximum atomic E-state index is 11.4. The van der Waals surface area contributed by atoms with E-state index >= 15 is 0 Å². The third-order valence-corrected chi connectivity index (χ3v) is 2.56. The summed E-state index contributed by atoms with van der Waals surface area (Å²) in [7, 11) is -3.35. The zero-order valence-corrected chi connectivity index (χ0v) is 9.51. The maximum Gasteiger partial charge on any atom is 0.529 e. The molecule has 0 aromatic heterocycles. The minimum absolute atomic E-state index is 0.285. The summed E-state index contributed by atoms with van der Waals surface area (Å²) in [6.07, 6.45) is 1.21. The molecule has 0 radical (unpaired) electrons. The van der Waals surface area contributed by atoms with Crippen LogP contribution in [0.1, 0.15) is 13.8 Å². The van der Waals surface area contributed by atoms with Crippen LogP contribution in [-0.4, -0.2) is 13.2 Å². The fraction of sp³-hybridized carbons (Fsp3) is 0.667. The van der Waals surface area contributed by atoms with E-state index in [1.54, 1.807) is 13.8 Å². The minimum atomic E-state index is -3.35. The second-order valence-electron chi connectivity index (χ2n) is 1.65. The van der Waals surface area contributed by atoms with E-state index in [0.29, 0.717) is 0 Å².